The Morgan fingerprint density at radius 1 is 1.22 bits per heavy atom. The molecule has 1 N–H and O–H groups in total. The summed E-state index contributed by atoms with van der Waals surface area (Å²) in [6.45, 7) is 3.78. The number of hydrogen-bond acceptors (Lipinski definition) is 4. The molecule has 0 spiro atoms. The van der Waals surface area contributed by atoms with E-state index < -0.39 is 0 Å². The molecule has 1 aliphatic carbocycles. The van der Waals surface area contributed by atoms with Gasteiger partial charge in [0.05, 0.1) is 6.61 Å². The van der Waals surface area contributed by atoms with Crippen molar-refractivity contribution in [3.8, 4) is 0 Å². The zero-order chi connectivity index (χ0) is 16.1. The SMILES string of the molecule is O=C(CCN1CCCCO1)NC[C@@H]1CC(=O)N(C2CCCC2)C1. The minimum absolute atomic E-state index is 0.0611. The molecule has 23 heavy (non-hydrogen) atoms. The molecule has 0 unspecified atom stereocenters. The number of hydroxylamine groups is 2. The highest BCUT2D eigenvalue weighted by atomic mass is 16.7. The summed E-state index contributed by atoms with van der Waals surface area (Å²) < 4.78 is 0. The van der Waals surface area contributed by atoms with E-state index in [0.717, 1.165) is 45.4 Å². The smallest absolute Gasteiger partial charge is 0.223 e. The normalized spacial score (nSPS) is 26.9. The van der Waals surface area contributed by atoms with Crippen molar-refractivity contribution in [3.05, 3.63) is 0 Å². The van der Waals surface area contributed by atoms with E-state index >= 15 is 0 Å². The van der Waals surface area contributed by atoms with Crippen LogP contribution in [-0.2, 0) is 14.4 Å². The fourth-order valence-electron chi connectivity index (χ4n) is 3.91. The van der Waals surface area contributed by atoms with Gasteiger partial charge < -0.3 is 10.2 Å². The fraction of sp³-hybridized carbons (Fsp3) is 0.882. The molecule has 6 heteroatoms. The lowest BCUT2D eigenvalue weighted by atomic mass is 10.1. The Labute approximate surface area is 138 Å². The molecule has 3 fully saturated rings. The van der Waals surface area contributed by atoms with Crippen LogP contribution in [0.2, 0.25) is 0 Å². The number of hydrogen-bond donors (Lipinski definition) is 1. The van der Waals surface area contributed by atoms with Crippen molar-refractivity contribution >= 4 is 11.8 Å². The maximum Gasteiger partial charge on any atom is 0.223 e. The van der Waals surface area contributed by atoms with Crippen molar-refractivity contribution < 1.29 is 14.4 Å². The van der Waals surface area contributed by atoms with Gasteiger partial charge in [-0.15, -0.1) is 0 Å². The molecule has 3 aliphatic rings. The number of carbonyl (C=O) groups is 2. The second-order valence-corrected chi connectivity index (χ2v) is 7.08. The largest absolute Gasteiger partial charge is 0.356 e. The summed E-state index contributed by atoms with van der Waals surface area (Å²) in [6, 6.07) is 0.458. The molecule has 1 saturated carbocycles. The molecule has 1 atom stereocenters. The average molecular weight is 323 g/mol. The lowest BCUT2D eigenvalue weighted by Gasteiger charge is -2.25. The van der Waals surface area contributed by atoms with E-state index in [1.807, 2.05) is 5.06 Å². The predicted octanol–water partition coefficient (Wildman–Crippen LogP) is 1.31. The van der Waals surface area contributed by atoms with E-state index in [9.17, 15) is 9.59 Å². The van der Waals surface area contributed by atoms with E-state index in [4.69, 9.17) is 4.84 Å². The first-order chi connectivity index (χ1) is 11.2. The summed E-state index contributed by atoms with van der Waals surface area (Å²) in [5.74, 6) is 0.613. The molecule has 0 aromatic carbocycles. The van der Waals surface area contributed by atoms with Crippen LogP contribution in [0.3, 0.4) is 0 Å². The van der Waals surface area contributed by atoms with Crippen LogP contribution in [-0.4, -0.2) is 60.6 Å². The Morgan fingerprint density at radius 3 is 2.78 bits per heavy atom. The summed E-state index contributed by atoms with van der Waals surface area (Å²) >= 11 is 0. The zero-order valence-corrected chi connectivity index (χ0v) is 14.0. The molecule has 0 bridgehead atoms. The number of amides is 2. The van der Waals surface area contributed by atoms with Gasteiger partial charge in [-0.05, 0) is 25.7 Å². The number of carbonyl (C=O) groups excluding carboxylic acids is 2. The van der Waals surface area contributed by atoms with Crippen molar-refractivity contribution in [2.75, 3.05) is 32.8 Å². The lowest BCUT2D eigenvalue weighted by Crippen LogP contribution is -2.37. The predicted molar refractivity (Wildman–Crippen MR) is 86.5 cm³/mol. The molecule has 130 valence electrons. The third kappa shape index (κ3) is 4.67. The first-order valence-electron chi connectivity index (χ1n) is 9.16. The standard InChI is InChI=1S/C17H29N3O3/c21-16(7-9-19-8-3-4-10-23-19)18-12-14-11-17(22)20(13-14)15-5-1-2-6-15/h14-15H,1-13H2,(H,18,21)/t14-/m0/s1. The maximum atomic E-state index is 12.1. The number of likely N-dealkylation sites (tertiary alicyclic amines) is 1. The minimum atomic E-state index is 0.0611. The molecule has 2 aliphatic heterocycles. The van der Waals surface area contributed by atoms with Gasteiger partial charge in [-0.1, -0.05) is 12.8 Å². The second kappa shape index (κ2) is 8.11. The fourth-order valence-corrected chi connectivity index (χ4v) is 3.91. The average Bonchev–Trinajstić information content (AvgIpc) is 3.21. The zero-order valence-electron chi connectivity index (χ0n) is 14.0. The molecular formula is C17H29N3O3. The Morgan fingerprint density at radius 2 is 2.04 bits per heavy atom. The van der Waals surface area contributed by atoms with Crippen LogP contribution in [0.15, 0.2) is 0 Å². The van der Waals surface area contributed by atoms with E-state index in [1.54, 1.807) is 0 Å². The van der Waals surface area contributed by atoms with E-state index in [-0.39, 0.29) is 17.7 Å². The Hall–Kier alpha value is -1.14. The number of nitrogens with one attached hydrogen (secondary N) is 1. The summed E-state index contributed by atoms with van der Waals surface area (Å²) in [5.41, 5.74) is 0. The van der Waals surface area contributed by atoms with Crippen molar-refractivity contribution in [1.82, 2.24) is 15.3 Å². The molecule has 2 amide bonds. The highest BCUT2D eigenvalue weighted by Crippen LogP contribution is 2.29. The van der Waals surface area contributed by atoms with Gasteiger partial charge in [-0.3, -0.25) is 14.4 Å². The maximum absolute atomic E-state index is 12.1. The van der Waals surface area contributed by atoms with Crippen LogP contribution in [0.5, 0.6) is 0 Å². The van der Waals surface area contributed by atoms with Gasteiger partial charge in [-0.25, -0.2) is 0 Å². The summed E-state index contributed by atoms with van der Waals surface area (Å²) in [6.07, 6.45) is 8.10. The van der Waals surface area contributed by atoms with E-state index in [2.05, 4.69) is 10.2 Å². The van der Waals surface area contributed by atoms with Gasteiger partial charge in [-0.2, -0.15) is 5.06 Å². The third-order valence-electron chi connectivity index (χ3n) is 5.26. The highest BCUT2D eigenvalue weighted by Gasteiger charge is 2.35. The van der Waals surface area contributed by atoms with Gasteiger partial charge in [0.15, 0.2) is 0 Å². The van der Waals surface area contributed by atoms with Crippen LogP contribution < -0.4 is 5.32 Å². The topological polar surface area (TPSA) is 61.9 Å². The van der Waals surface area contributed by atoms with Crippen molar-refractivity contribution in [2.45, 2.75) is 57.4 Å². The molecular weight excluding hydrogens is 294 g/mol. The first-order valence-corrected chi connectivity index (χ1v) is 9.16. The first kappa shape index (κ1) is 16.7. The van der Waals surface area contributed by atoms with Gasteiger partial charge in [0, 0.05) is 51.0 Å². The summed E-state index contributed by atoms with van der Waals surface area (Å²) in [4.78, 5) is 31.7. The molecule has 2 saturated heterocycles. The van der Waals surface area contributed by atoms with Crippen LogP contribution >= 0.6 is 0 Å². The highest BCUT2D eigenvalue weighted by molar-refractivity contribution is 5.79. The van der Waals surface area contributed by atoms with Crippen LogP contribution in [0.25, 0.3) is 0 Å². The van der Waals surface area contributed by atoms with Crippen LogP contribution in [0.4, 0.5) is 0 Å². The van der Waals surface area contributed by atoms with Crippen molar-refractivity contribution in [3.63, 3.8) is 0 Å². The van der Waals surface area contributed by atoms with Gasteiger partial charge in [0.2, 0.25) is 11.8 Å². The second-order valence-electron chi connectivity index (χ2n) is 7.08. The van der Waals surface area contributed by atoms with Crippen molar-refractivity contribution in [2.24, 2.45) is 5.92 Å². The Kier molecular flexibility index (Phi) is 5.89. The summed E-state index contributed by atoms with van der Waals surface area (Å²) in [7, 11) is 0. The van der Waals surface area contributed by atoms with E-state index in [1.165, 1.54) is 12.8 Å². The monoisotopic (exact) mass is 323 g/mol. The number of rotatable bonds is 6. The molecule has 2 heterocycles. The quantitative estimate of drug-likeness (QED) is 0.801. The van der Waals surface area contributed by atoms with Crippen molar-refractivity contribution in [1.29, 1.82) is 0 Å². The molecule has 0 aromatic rings. The molecule has 0 radical (unpaired) electrons. The minimum Gasteiger partial charge on any atom is -0.356 e. The van der Waals surface area contributed by atoms with Crippen LogP contribution in [0, 0.1) is 5.92 Å². The van der Waals surface area contributed by atoms with Gasteiger partial charge in [0.25, 0.3) is 0 Å². The lowest BCUT2D eigenvalue weighted by molar-refractivity contribution is -0.181. The molecule has 0 aromatic heterocycles. The summed E-state index contributed by atoms with van der Waals surface area (Å²) in [5, 5.41) is 4.89. The van der Waals surface area contributed by atoms with Gasteiger partial charge >= 0.3 is 0 Å². The molecule has 6 nitrogen and oxygen atoms in total. The molecule has 3 rings (SSSR count). The van der Waals surface area contributed by atoms with E-state index in [0.29, 0.717) is 32.0 Å². The Bertz CT molecular complexity index is 417. The Balaban J connectivity index is 1.33. The number of nitrogens with zero attached hydrogens (tertiary/aromatic N) is 2. The third-order valence-corrected chi connectivity index (χ3v) is 5.26. The van der Waals surface area contributed by atoms with Crippen LogP contribution in [0.1, 0.15) is 51.4 Å². The van der Waals surface area contributed by atoms with Gasteiger partial charge in [0.1, 0.15) is 0 Å².